The van der Waals surface area contributed by atoms with Crippen molar-refractivity contribution in [3.05, 3.63) is 34.6 Å². The molecule has 8 heteroatoms. The van der Waals surface area contributed by atoms with Gasteiger partial charge in [-0.2, -0.15) is 4.98 Å². The molecule has 0 atom stereocenters. The fourth-order valence-corrected chi connectivity index (χ4v) is 4.37. The minimum absolute atomic E-state index is 0.288. The highest BCUT2D eigenvalue weighted by Crippen LogP contribution is 2.21. The first kappa shape index (κ1) is 20.5. The Morgan fingerprint density at radius 3 is 2.45 bits per heavy atom. The highest BCUT2D eigenvalue weighted by Gasteiger charge is 2.23. The van der Waals surface area contributed by atoms with E-state index in [1.807, 2.05) is 24.3 Å². The third-order valence-corrected chi connectivity index (χ3v) is 6.19. The van der Waals surface area contributed by atoms with Gasteiger partial charge in [-0.3, -0.25) is 14.6 Å². The molecule has 0 bridgehead atoms. The topological polar surface area (TPSA) is 65.7 Å². The van der Waals surface area contributed by atoms with Gasteiger partial charge in [0.25, 0.3) is 0 Å². The van der Waals surface area contributed by atoms with Gasteiger partial charge in [0.1, 0.15) is 0 Å². The molecule has 2 aliphatic rings. The Labute approximate surface area is 180 Å². The zero-order chi connectivity index (χ0) is 20.1. The van der Waals surface area contributed by atoms with E-state index < -0.39 is 0 Å². The number of aromatic nitrogens is 2. The van der Waals surface area contributed by atoms with Gasteiger partial charge in [0.05, 0.1) is 13.1 Å². The number of likely N-dealkylation sites (tertiary alicyclic amines) is 1. The lowest BCUT2D eigenvalue weighted by Crippen LogP contribution is -2.49. The summed E-state index contributed by atoms with van der Waals surface area (Å²) in [4.78, 5) is 23.8. The zero-order valence-corrected chi connectivity index (χ0v) is 18.3. The second-order valence-electron chi connectivity index (χ2n) is 7.87. The Balaban J connectivity index is 1.24. The van der Waals surface area contributed by atoms with Crippen LogP contribution in [0.25, 0.3) is 11.4 Å². The van der Waals surface area contributed by atoms with Gasteiger partial charge in [0, 0.05) is 49.3 Å². The van der Waals surface area contributed by atoms with Gasteiger partial charge in [-0.1, -0.05) is 46.1 Å². The summed E-state index contributed by atoms with van der Waals surface area (Å²) >= 11 is 3.47. The Hall–Kier alpha value is -1.77. The summed E-state index contributed by atoms with van der Waals surface area (Å²) in [5.41, 5.74) is 0.936. The summed E-state index contributed by atoms with van der Waals surface area (Å²) in [5, 5.41) is 4.11. The second kappa shape index (κ2) is 9.82. The molecule has 156 valence electrons. The van der Waals surface area contributed by atoms with Crippen LogP contribution in [-0.4, -0.2) is 76.6 Å². The summed E-state index contributed by atoms with van der Waals surface area (Å²) in [6, 6.07) is 7.89. The first-order valence-electron chi connectivity index (χ1n) is 10.5. The van der Waals surface area contributed by atoms with Crippen molar-refractivity contribution < 1.29 is 9.32 Å². The van der Waals surface area contributed by atoms with E-state index in [-0.39, 0.29) is 5.91 Å². The molecule has 0 N–H and O–H groups in total. The van der Waals surface area contributed by atoms with E-state index in [0.717, 1.165) is 62.1 Å². The van der Waals surface area contributed by atoms with Crippen LogP contribution in [0.4, 0.5) is 0 Å². The van der Waals surface area contributed by atoms with Gasteiger partial charge in [0.15, 0.2) is 0 Å². The Morgan fingerprint density at radius 2 is 1.72 bits per heavy atom. The van der Waals surface area contributed by atoms with E-state index in [2.05, 4.69) is 40.8 Å². The van der Waals surface area contributed by atoms with Crippen molar-refractivity contribution in [2.45, 2.75) is 32.2 Å². The molecule has 0 spiro atoms. The summed E-state index contributed by atoms with van der Waals surface area (Å²) < 4.78 is 6.44. The number of nitrogens with zero attached hydrogens (tertiary/aromatic N) is 5. The van der Waals surface area contributed by atoms with E-state index in [1.54, 1.807) is 0 Å². The molecular formula is C21H28BrN5O2. The summed E-state index contributed by atoms with van der Waals surface area (Å²) in [6.45, 7) is 6.64. The van der Waals surface area contributed by atoms with E-state index in [9.17, 15) is 4.79 Å². The zero-order valence-electron chi connectivity index (χ0n) is 16.7. The molecule has 2 fully saturated rings. The number of halogens is 1. The summed E-state index contributed by atoms with van der Waals surface area (Å²) in [5.74, 6) is 1.54. The molecule has 2 aromatic rings. The van der Waals surface area contributed by atoms with Crippen molar-refractivity contribution >= 4 is 21.8 Å². The number of amides is 1. The van der Waals surface area contributed by atoms with Crippen LogP contribution in [0.1, 0.15) is 31.6 Å². The molecule has 7 nitrogen and oxygen atoms in total. The van der Waals surface area contributed by atoms with Crippen LogP contribution in [0.2, 0.25) is 0 Å². The Morgan fingerprint density at radius 1 is 1.00 bits per heavy atom. The number of hydrogen-bond acceptors (Lipinski definition) is 6. The number of piperazine rings is 1. The van der Waals surface area contributed by atoms with Crippen molar-refractivity contribution in [3.8, 4) is 11.4 Å². The molecule has 0 aliphatic carbocycles. The summed E-state index contributed by atoms with van der Waals surface area (Å²) in [7, 11) is 0. The number of benzene rings is 1. The van der Waals surface area contributed by atoms with Crippen LogP contribution in [0.5, 0.6) is 0 Å². The number of hydrogen-bond donors (Lipinski definition) is 0. The maximum absolute atomic E-state index is 12.6. The van der Waals surface area contributed by atoms with Gasteiger partial charge >= 0.3 is 0 Å². The standard InChI is InChI=1S/C21H28BrN5O2/c22-18-7-5-6-17(14-18)21-23-19(29-24-21)15-25-10-12-26(13-11-25)16-20(28)27-8-3-1-2-4-9-27/h5-7,14H,1-4,8-13,15-16H2. The van der Waals surface area contributed by atoms with Gasteiger partial charge in [0.2, 0.25) is 17.6 Å². The first-order chi connectivity index (χ1) is 14.2. The molecule has 0 radical (unpaired) electrons. The molecule has 0 saturated carbocycles. The van der Waals surface area contributed by atoms with Gasteiger partial charge < -0.3 is 9.42 Å². The highest BCUT2D eigenvalue weighted by atomic mass is 79.9. The fourth-order valence-electron chi connectivity index (χ4n) is 3.97. The van der Waals surface area contributed by atoms with E-state index in [1.165, 1.54) is 12.8 Å². The predicted octanol–water partition coefficient (Wildman–Crippen LogP) is 3.02. The Kier molecular flexibility index (Phi) is 6.94. The molecule has 2 aliphatic heterocycles. The quantitative estimate of drug-likeness (QED) is 0.681. The van der Waals surface area contributed by atoms with Crippen LogP contribution >= 0.6 is 15.9 Å². The summed E-state index contributed by atoms with van der Waals surface area (Å²) in [6.07, 6.45) is 4.79. The second-order valence-corrected chi connectivity index (χ2v) is 8.79. The van der Waals surface area contributed by atoms with E-state index in [0.29, 0.717) is 24.8 Å². The van der Waals surface area contributed by atoms with Gasteiger partial charge in [-0.25, -0.2) is 0 Å². The normalized spacial score (nSPS) is 19.3. The van der Waals surface area contributed by atoms with E-state index >= 15 is 0 Å². The predicted molar refractivity (Wildman–Crippen MR) is 114 cm³/mol. The van der Waals surface area contributed by atoms with Crippen LogP contribution in [0.15, 0.2) is 33.3 Å². The molecule has 1 amide bonds. The van der Waals surface area contributed by atoms with Gasteiger partial charge in [-0.05, 0) is 25.0 Å². The SMILES string of the molecule is O=C(CN1CCN(Cc2nc(-c3cccc(Br)c3)no2)CC1)N1CCCCCC1. The number of rotatable bonds is 5. The highest BCUT2D eigenvalue weighted by molar-refractivity contribution is 9.10. The van der Waals surface area contributed by atoms with Crippen molar-refractivity contribution in [2.75, 3.05) is 45.8 Å². The average molecular weight is 462 g/mol. The van der Waals surface area contributed by atoms with Crippen molar-refractivity contribution in [2.24, 2.45) is 0 Å². The number of carbonyl (C=O) groups is 1. The third kappa shape index (κ3) is 5.65. The lowest BCUT2D eigenvalue weighted by atomic mass is 10.2. The van der Waals surface area contributed by atoms with Crippen molar-refractivity contribution in [1.82, 2.24) is 24.8 Å². The monoisotopic (exact) mass is 461 g/mol. The maximum Gasteiger partial charge on any atom is 0.241 e. The molecule has 1 aromatic carbocycles. The third-order valence-electron chi connectivity index (χ3n) is 5.69. The van der Waals surface area contributed by atoms with Crippen LogP contribution in [-0.2, 0) is 11.3 Å². The molecule has 3 heterocycles. The van der Waals surface area contributed by atoms with Crippen molar-refractivity contribution in [1.29, 1.82) is 0 Å². The minimum Gasteiger partial charge on any atom is -0.342 e. The van der Waals surface area contributed by atoms with Gasteiger partial charge in [-0.15, -0.1) is 0 Å². The lowest BCUT2D eigenvalue weighted by molar-refractivity contribution is -0.132. The molecule has 29 heavy (non-hydrogen) atoms. The Bertz CT molecular complexity index is 811. The molecule has 2 saturated heterocycles. The lowest BCUT2D eigenvalue weighted by Gasteiger charge is -2.34. The smallest absolute Gasteiger partial charge is 0.241 e. The largest absolute Gasteiger partial charge is 0.342 e. The van der Waals surface area contributed by atoms with Crippen LogP contribution in [0.3, 0.4) is 0 Å². The number of carbonyl (C=O) groups excluding carboxylic acids is 1. The molecular weight excluding hydrogens is 434 g/mol. The maximum atomic E-state index is 12.6. The van der Waals surface area contributed by atoms with Crippen LogP contribution < -0.4 is 0 Å². The minimum atomic E-state index is 0.288. The molecule has 1 aromatic heterocycles. The molecule has 4 rings (SSSR count). The fraction of sp³-hybridized carbons (Fsp3) is 0.571. The van der Waals surface area contributed by atoms with E-state index in [4.69, 9.17) is 4.52 Å². The van der Waals surface area contributed by atoms with Crippen LogP contribution in [0, 0.1) is 0 Å². The molecule has 0 unspecified atom stereocenters. The average Bonchev–Trinajstić information content (AvgIpc) is 3.01. The first-order valence-corrected chi connectivity index (χ1v) is 11.3. The van der Waals surface area contributed by atoms with Crippen molar-refractivity contribution in [3.63, 3.8) is 0 Å².